The molecule has 1 atom stereocenters. The topological polar surface area (TPSA) is 88.4 Å². The number of methoxy groups -OCH3 is 2. The van der Waals surface area contributed by atoms with Crippen LogP contribution in [-0.2, 0) is 16.1 Å². The Morgan fingerprint density at radius 1 is 1.09 bits per heavy atom. The van der Waals surface area contributed by atoms with Crippen LogP contribution in [0.15, 0.2) is 74.1 Å². The summed E-state index contributed by atoms with van der Waals surface area (Å²) < 4.78 is 26.6. The Hall–Kier alpha value is -2.84. The number of aromatic nitrogens is 1. The van der Waals surface area contributed by atoms with Gasteiger partial charge in [0.05, 0.1) is 40.2 Å². The summed E-state index contributed by atoms with van der Waals surface area (Å²) in [5, 5.41) is 1.05. The van der Waals surface area contributed by atoms with Gasteiger partial charge in [-0.05, 0) is 90.0 Å². The summed E-state index contributed by atoms with van der Waals surface area (Å²) in [7, 11) is 3.12. The van der Waals surface area contributed by atoms with Crippen molar-refractivity contribution in [3.05, 3.63) is 114 Å². The molecule has 0 fully saturated rings. The molecule has 13 heteroatoms. The Kier molecular flexibility index (Phi) is 11.8. The highest BCUT2D eigenvalue weighted by Crippen LogP contribution is 2.39. The van der Waals surface area contributed by atoms with Crippen molar-refractivity contribution in [1.29, 1.82) is 0 Å². The standard InChI is InChI=1S/C34H30BrCl2IN2O6S/c1-5-7-25-29(33(42)45-6-2)30(22-15-20(35)9-11-26(22)43-3)40-32(41)28(47-34(40)39-25)14-18-12-24(38)31(27(13-18)44-4)46-17-19-8-10-21(36)16-23(19)37/h8-16,30H,5-7,17H2,1-4H3/b28-14+/t30-/m1/s1. The second-order valence-electron chi connectivity index (χ2n) is 10.4. The largest absolute Gasteiger partial charge is 0.496 e. The molecule has 4 aromatic rings. The molecular formula is C34H30BrCl2IN2O6S. The molecule has 0 unspecified atom stereocenters. The number of fused-ring (bicyclic) bond motifs is 1. The minimum absolute atomic E-state index is 0.182. The SMILES string of the molecule is CCCC1=C(C(=O)OCC)[C@@H](c2cc(Br)ccc2OC)n2c(s/c(=C/c3cc(I)c(OCc4ccc(Cl)cc4Cl)c(OC)c3)c2=O)=N1. The van der Waals surface area contributed by atoms with E-state index in [9.17, 15) is 9.59 Å². The number of allylic oxidation sites excluding steroid dienone is 1. The molecule has 8 nitrogen and oxygen atoms in total. The maximum absolute atomic E-state index is 14.3. The van der Waals surface area contributed by atoms with Crippen LogP contribution in [0.5, 0.6) is 17.2 Å². The quantitative estimate of drug-likeness (QED) is 0.113. The van der Waals surface area contributed by atoms with E-state index in [1.165, 1.54) is 11.3 Å². The number of esters is 1. The number of halogens is 4. The Bertz CT molecular complexity index is 2060. The van der Waals surface area contributed by atoms with E-state index in [1.807, 2.05) is 31.2 Å². The first-order valence-electron chi connectivity index (χ1n) is 14.6. The minimum atomic E-state index is -0.813. The van der Waals surface area contributed by atoms with Crippen LogP contribution in [-0.4, -0.2) is 31.4 Å². The van der Waals surface area contributed by atoms with E-state index in [4.69, 9.17) is 47.1 Å². The van der Waals surface area contributed by atoms with E-state index in [1.54, 1.807) is 56.1 Å². The van der Waals surface area contributed by atoms with Crippen LogP contribution in [0, 0.1) is 3.57 Å². The molecule has 0 aliphatic carbocycles. The van der Waals surface area contributed by atoms with Gasteiger partial charge in [-0.3, -0.25) is 9.36 Å². The molecule has 0 amide bonds. The number of carbonyl (C=O) groups is 1. The van der Waals surface area contributed by atoms with Crippen LogP contribution in [0.25, 0.3) is 6.08 Å². The molecule has 0 saturated carbocycles. The van der Waals surface area contributed by atoms with E-state index >= 15 is 0 Å². The lowest BCUT2D eigenvalue weighted by Gasteiger charge is -2.27. The molecule has 1 aromatic heterocycles. The number of carbonyl (C=O) groups excluding carboxylic acids is 1. The Balaban J connectivity index is 1.64. The van der Waals surface area contributed by atoms with Gasteiger partial charge < -0.3 is 18.9 Å². The van der Waals surface area contributed by atoms with Gasteiger partial charge in [0.2, 0.25) is 0 Å². The molecular weight excluding hydrogens is 842 g/mol. The third kappa shape index (κ3) is 7.59. The third-order valence-electron chi connectivity index (χ3n) is 7.32. The predicted molar refractivity (Wildman–Crippen MR) is 197 cm³/mol. The maximum Gasteiger partial charge on any atom is 0.338 e. The highest BCUT2D eigenvalue weighted by atomic mass is 127. The molecule has 1 aliphatic rings. The molecule has 246 valence electrons. The molecule has 2 heterocycles. The Labute approximate surface area is 307 Å². The fourth-order valence-electron chi connectivity index (χ4n) is 5.24. The van der Waals surface area contributed by atoms with E-state index in [0.717, 1.165) is 25.6 Å². The van der Waals surface area contributed by atoms with Crippen LogP contribution < -0.4 is 29.1 Å². The molecule has 0 spiro atoms. The molecule has 0 radical (unpaired) electrons. The zero-order chi connectivity index (χ0) is 33.8. The van der Waals surface area contributed by atoms with Crippen molar-refractivity contribution in [2.24, 2.45) is 4.99 Å². The van der Waals surface area contributed by atoms with Crippen molar-refractivity contribution in [3.8, 4) is 17.2 Å². The second-order valence-corrected chi connectivity index (χ2v) is 14.3. The Morgan fingerprint density at radius 2 is 1.85 bits per heavy atom. The van der Waals surface area contributed by atoms with Gasteiger partial charge in [0.15, 0.2) is 16.3 Å². The highest BCUT2D eigenvalue weighted by Gasteiger charge is 2.36. The summed E-state index contributed by atoms with van der Waals surface area (Å²) >= 11 is 19.4. The van der Waals surface area contributed by atoms with Gasteiger partial charge in [-0.15, -0.1) is 0 Å². The monoisotopic (exact) mass is 870 g/mol. The molecule has 1 aliphatic heterocycles. The van der Waals surface area contributed by atoms with Gasteiger partial charge in [-0.1, -0.05) is 69.9 Å². The number of nitrogens with zero attached hydrogens (tertiary/aromatic N) is 2. The van der Waals surface area contributed by atoms with Gasteiger partial charge in [-0.2, -0.15) is 0 Å². The van der Waals surface area contributed by atoms with Crippen LogP contribution in [0.2, 0.25) is 10.0 Å². The maximum atomic E-state index is 14.3. The summed E-state index contributed by atoms with van der Waals surface area (Å²) in [6, 6.07) is 13.6. The molecule has 0 saturated heterocycles. The first-order chi connectivity index (χ1) is 22.6. The Morgan fingerprint density at radius 3 is 2.53 bits per heavy atom. The van der Waals surface area contributed by atoms with Crippen molar-refractivity contribution in [2.75, 3.05) is 20.8 Å². The summed E-state index contributed by atoms with van der Waals surface area (Å²) in [6.45, 7) is 4.16. The lowest BCUT2D eigenvalue weighted by molar-refractivity contribution is -0.139. The zero-order valence-electron chi connectivity index (χ0n) is 25.9. The summed E-state index contributed by atoms with van der Waals surface area (Å²) in [4.78, 5) is 33.1. The van der Waals surface area contributed by atoms with E-state index in [-0.39, 0.29) is 18.8 Å². The number of ether oxygens (including phenoxy) is 4. The van der Waals surface area contributed by atoms with E-state index in [2.05, 4.69) is 38.5 Å². The van der Waals surface area contributed by atoms with Gasteiger partial charge >= 0.3 is 5.97 Å². The van der Waals surface area contributed by atoms with Gasteiger partial charge in [0.1, 0.15) is 18.4 Å². The summed E-state index contributed by atoms with van der Waals surface area (Å²) in [5.74, 6) is 1.05. The van der Waals surface area contributed by atoms with Crippen LogP contribution in [0.4, 0.5) is 0 Å². The molecule has 0 bridgehead atoms. The van der Waals surface area contributed by atoms with Crippen LogP contribution in [0.1, 0.15) is 49.4 Å². The predicted octanol–water partition coefficient (Wildman–Crippen LogP) is 7.85. The minimum Gasteiger partial charge on any atom is -0.496 e. The van der Waals surface area contributed by atoms with Crippen LogP contribution in [0.3, 0.4) is 0 Å². The third-order valence-corrected chi connectivity index (χ3v) is 10.2. The lowest BCUT2D eigenvalue weighted by Crippen LogP contribution is -2.40. The lowest BCUT2D eigenvalue weighted by atomic mass is 9.93. The number of hydrogen-bond donors (Lipinski definition) is 0. The molecule has 3 aromatic carbocycles. The summed E-state index contributed by atoms with van der Waals surface area (Å²) in [5.41, 5.74) is 2.75. The molecule has 47 heavy (non-hydrogen) atoms. The number of rotatable bonds is 11. The fraction of sp³-hybridized carbons (Fsp3) is 0.265. The highest BCUT2D eigenvalue weighted by molar-refractivity contribution is 14.1. The summed E-state index contributed by atoms with van der Waals surface area (Å²) in [6.07, 6.45) is 3.07. The van der Waals surface area contributed by atoms with Gasteiger partial charge in [0.25, 0.3) is 5.56 Å². The average molecular weight is 872 g/mol. The number of thiazole rings is 1. The van der Waals surface area contributed by atoms with E-state index in [0.29, 0.717) is 59.9 Å². The average Bonchev–Trinajstić information content (AvgIpc) is 3.34. The van der Waals surface area contributed by atoms with Crippen molar-refractivity contribution in [2.45, 2.75) is 39.3 Å². The zero-order valence-corrected chi connectivity index (χ0v) is 31.9. The smallest absolute Gasteiger partial charge is 0.338 e. The van der Waals surface area contributed by atoms with Crippen molar-refractivity contribution >= 4 is 85.1 Å². The molecule has 0 N–H and O–H groups in total. The first-order valence-corrected chi connectivity index (χ1v) is 18.0. The second kappa shape index (κ2) is 15.6. The van der Waals surface area contributed by atoms with Crippen molar-refractivity contribution < 1.29 is 23.7 Å². The van der Waals surface area contributed by atoms with Crippen molar-refractivity contribution in [1.82, 2.24) is 4.57 Å². The fourth-order valence-corrected chi connectivity index (χ4v) is 7.88. The van der Waals surface area contributed by atoms with Crippen LogP contribution >= 0.6 is 73.1 Å². The number of benzene rings is 3. The van der Waals surface area contributed by atoms with E-state index < -0.39 is 12.0 Å². The first kappa shape index (κ1) is 35.5. The van der Waals surface area contributed by atoms with Gasteiger partial charge in [0, 0.05) is 25.6 Å². The normalized spacial score (nSPS) is 14.5. The van der Waals surface area contributed by atoms with Gasteiger partial charge in [-0.25, -0.2) is 9.79 Å². The molecule has 5 rings (SSSR count). The van der Waals surface area contributed by atoms with Crippen molar-refractivity contribution in [3.63, 3.8) is 0 Å². The number of hydrogen-bond acceptors (Lipinski definition) is 8.